The van der Waals surface area contributed by atoms with Crippen LogP contribution in [0.15, 0.2) is 30.3 Å². The van der Waals surface area contributed by atoms with E-state index in [9.17, 15) is 9.59 Å². The van der Waals surface area contributed by atoms with Crippen molar-refractivity contribution in [3.05, 3.63) is 41.5 Å². The van der Waals surface area contributed by atoms with Crippen molar-refractivity contribution in [1.29, 1.82) is 0 Å². The minimum atomic E-state index is -0.644. The Kier molecular flexibility index (Phi) is 5.79. The normalized spacial score (nSPS) is 12.2. The van der Waals surface area contributed by atoms with E-state index in [1.54, 1.807) is 19.9 Å². The molecule has 0 heterocycles. The summed E-state index contributed by atoms with van der Waals surface area (Å²) < 4.78 is 4.81. The fourth-order valence-corrected chi connectivity index (χ4v) is 1.53. The number of hydrogen-bond donors (Lipinski definition) is 1. The highest BCUT2D eigenvalue weighted by Gasteiger charge is 2.14. The molecule has 1 aromatic rings. The zero-order chi connectivity index (χ0) is 14.3. The van der Waals surface area contributed by atoms with E-state index in [1.165, 1.54) is 6.08 Å². The number of carbonyl (C=O) groups is 2. The summed E-state index contributed by atoms with van der Waals surface area (Å²) in [7, 11) is 0. The number of amides is 1. The van der Waals surface area contributed by atoms with Gasteiger partial charge in [-0.2, -0.15) is 0 Å². The highest BCUT2D eigenvalue weighted by Crippen LogP contribution is 2.05. The van der Waals surface area contributed by atoms with Gasteiger partial charge in [0.05, 0.1) is 6.61 Å². The van der Waals surface area contributed by atoms with Crippen molar-refractivity contribution in [1.82, 2.24) is 5.32 Å². The van der Waals surface area contributed by atoms with Crippen LogP contribution in [0, 0.1) is 6.92 Å². The van der Waals surface area contributed by atoms with Gasteiger partial charge in [-0.3, -0.25) is 4.79 Å². The third-order valence-corrected chi connectivity index (χ3v) is 2.47. The molecule has 1 rings (SSSR count). The Labute approximate surface area is 113 Å². The number of aryl methyl sites for hydroxylation is 1. The Morgan fingerprint density at radius 1 is 1.42 bits per heavy atom. The zero-order valence-electron chi connectivity index (χ0n) is 11.5. The quantitative estimate of drug-likeness (QED) is 0.652. The van der Waals surface area contributed by atoms with Gasteiger partial charge in [0.2, 0.25) is 5.91 Å². The molecule has 0 aromatic heterocycles. The lowest BCUT2D eigenvalue weighted by molar-refractivity contribution is -0.146. The molecule has 19 heavy (non-hydrogen) atoms. The van der Waals surface area contributed by atoms with Crippen LogP contribution in [0.4, 0.5) is 0 Å². The van der Waals surface area contributed by atoms with Crippen LogP contribution < -0.4 is 5.32 Å². The molecule has 0 aliphatic rings. The van der Waals surface area contributed by atoms with E-state index >= 15 is 0 Å². The van der Waals surface area contributed by atoms with Crippen LogP contribution in [0.1, 0.15) is 25.0 Å². The fraction of sp³-hybridized carbons (Fsp3) is 0.333. The third kappa shape index (κ3) is 5.38. The molecule has 0 bridgehead atoms. The maximum atomic E-state index is 11.6. The highest BCUT2D eigenvalue weighted by atomic mass is 16.5. The Morgan fingerprint density at radius 3 is 2.79 bits per heavy atom. The Bertz CT molecular complexity index is 480. The molecule has 1 atom stereocenters. The van der Waals surface area contributed by atoms with Gasteiger partial charge in [-0.25, -0.2) is 4.79 Å². The van der Waals surface area contributed by atoms with Crippen LogP contribution in [0.5, 0.6) is 0 Å². The highest BCUT2D eigenvalue weighted by molar-refractivity contribution is 5.94. The molecule has 0 spiro atoms. The van der Waals surface area contributed by atoms with Crippen molar-refractivity contribution < 1.29 is 14.3 Å². The third-order valence-electron chi connectivity index (χ3n) is 2.47. The molecule has 1 N–H and O–H groups in total. The minimum Gasteiger partial charge on any atom is -0.464 e. The Hall–Kier alpha value is -2.10. The second kappa shape index (κ2) is 7.36. The molecule has 0 saturated heterocycles. The summed E-state index contributed by atoms with van der Waals surface area (Å²) in [5.41, 5.74) is 2.07. The van der Waals surface area contributed by atoms with Crippen molar-refractivity contribution >= 4 is 18.0 Å². The summed E-state index contributed by atoms with van der Waals surface area (Å²) in [6, 6.07) is 7.15. The van der Waals surface area contributed by atoms with E-state index in [-0.39, 0.29) is 5.91 Å². The van der Waals surface area contributed by atoms with E-state index in [2.05, 4.69) is 5.32 Å². The van der Waals surface area contributed by atoms with E-state index < -0.39 is 12.0 Å². The summed E-state index contributed by atoms with van der Waals surface area (Å²) in [5, 5.41) is 2.55. The van der Waals surface area contributed by atoms with Crippen LogP contribution in [0.25, 0.3) is 6.08 Å². The second-order valence-electron chi connectivity index (χ2n) is 4.23. The second-order valence-corrected chi connectivity index (χ2v) is 4.23. The SMILES string of the molecule is CCOC(=O)C(C)NC(=O)C=Cc1cccc(C)c1. The van der Waals surface area contributed by atoms with Crippen molar-refractivity contribution in [3.63, 3.8) is 0 Å². The number of esters is 1. The van der Waals surface area contributed by atoms with E-state index in [0.717, 1.165) is 11.1 Å². The largest absolute Gasteiger partial charge is 0.464 e. The number of rotatable bonds is 5. The molecule has 0 saturated carbocycles. The first-order valence-corrected chi connectivity index (χ1v) is 6.24. The van der Waals surface area contributed by atoms with Crippen molar-refractivity contribution in [2.75, 3.05) is 6.61 Å². The zero-order valence-corrected chi connectivity index (χ0v) is 11.5. The lowest BCUT2D eigenvalue weighted by atomic mass is 10.1. The number of benzene rings is 1. The molecule has 0 aliphatic heterocycles. The summed E-state index contributed by atoms with van der Waals surface area (Å²) in [5.74, 6) is -0.748. The van der Waals surface area contributed by atoms with Crippen molar-refractivity contribution in [2.24, 2.45) is 0 Å². The first kappa shape index (κ1) is 15.0. The van der Waals surface area contributed by atoms with Gasteiger partial charge in [0.25, 0.3) is 0 Å². The number of carbonyl (C=O) groups excluding carboxylic acids is 2. The maximum Gasteiger partial charge on any atom is 0.328 e. The van der Waals surface area contributed by atoms with E-state index in [4.69, 9.17) is 4.74 Å². The van der Waals surface area contributed by atoms with Gasteiger partial charge in [0.1, 0.15) is 6.04 Å². The van der Waals surface area contributed by atoms with Crippen LogP contribution >= 0.6 is 0 Å². The van der Waals surface area contributed by atoms with Gasteiger partial charge in [-0.1, -0.05) is 29.8 Å². The number of ether oxygens (including phenoxy) is 1. The lowest BCUT2D eigenvalue weighted by Gasteiger charge is -2.10. The summed E-state index contributed by atoms with van der Waals surface area (Å²) in [6.07, 6.45) is 3.12. The molecule has 1 amide bonds. The summed E-state index contributed by atoms with van der Waals surface area (Å²) >= 11 is 0. The average molecular weight is 261 g/mol. The van der Waals surface area contributed by atoms with Crippen LogP contribution in [0.2, 0.25) is 0 Å². The topological polar surface area (TPSA) is 55.4 Å². The minimum absolute atomic E-state index is 0.304. The summed E-state index contributed by atoms with van der Waals surface area (Å²) in [6.45, 7) is 5.61. The number of nitrogens with one attached hydrogen (secondary N) is 1. The average Bonchev–Trinajstić information content (AvgIpc) is 2.36. The molecular weight excluding hydrogens is 242 g/mol. The molecule has 1 aromatic carbocycles. The van der Waals surface area contributed by atoms with E-state index in [1.807, 2.05) is 31.2 Å². The Morgan fingerprint density at radius 2 is 2.16 bits per heavy atom. The lowest BCUT2D eigenvalue weighted by Crippen LogP contribution is -2.38. The van der Waals surface area contributed by atoms with Gasteiger partial charge in [-0.05, 0) is 32.4 Å². The first-order chi connectivity index (χ1) is 9.02. The van der Waals surface area contributed by atoms with E-state index in [0.29, 0.717) is 6.61 Å². The van der Waals surface area contributed by atoms with Crippen molar-refractivity contribution in [3.8, 4) is 0 Å². The Balaban J connectivity index is 2.53. The summed E-state index contributed by atoms with van der Waals surface area (Å²) in [4.78, 5) is 23.0. The van der Waals surface area contributed by atoms with Gasteiger partial charge < -0.3 is 10.1 Å². The predicted molar refractivity (Wildman–Crippen MR) is 74.5 cm³/mol. The smallest absolute Gasteiger partial charge is 0.328 e. The fourth-order valence-electron chi connectivity index (χ4n) is 1.53. The van der Waals surface area contributed by atoms with Crippen LogP contribution in [-0.4, -0.2) is 24.5 Å². The maximum absolute atomic E-state index is 11.6. The van der Waals surface area contributed by atoms with Crippen molar-refractivity contribution in [2.45, 2.75) is 26.8 Å². The van der Waals surface area contributed by atoms with Gasteiger partial charge in [0.15, 0.2) is 0 Å². The predicted octanol–water partition coefficient (Wildman–Crippen LogP) is 2.08. The molecule has 0 aliphatic carbocycles. The van der Waals surface area contributed by atoms with Crippen LogP contribution in [0.3, 0.4) is 0 Å². The monoisotopic (exact) mass is 261 g/mol. The molecule has 1 unspecified atom stereocenters. The molecule has 0 fully saturated rings. The molecular formula is C15H19NO3. The molecule has 4 heteroatoms. The van der Waals surface area contributed by atoms with Gasteiger partial charge >= 0.3 is 5.97 Å². The first-order valence-electron chi connectivity index (χ1n) is 6.24. The van der Waals surface area contributed by atoms with Gasteiger partial charge in [0, 0.05) is 6.08 Å². The number of hydrogen-bond acceptors (Lipinski definition) is 3. The molecule has 4 nitrogen and oxygen atoms in total. The standard InChI is InChI=1S/C15H19NO3/c1-4-19-15(18)12(3)16-14(17)9-8-13-7-5-6-11(2)10-13/h5-10,12H,4H2,1-3H3,(H,16,17). The van der Waals surface area contributed by atoms with Gasteiger partial charge in [-0.15, -0.1) is 0 Å². The molecule has 0 radical (unpaired) electrons. The molecule has 102 valence electrons. The van der Waals surface area contributed by atoms with Crippen LogP contribution in [-0.2, 0) is 14.3 Å².